The van der Waals surface area contributed by atoms with Gasteiger partial charge in [0.05, 0.1) is 0 Å². The summed E-state index contributed by atoms with van der Waals surface area (Å²) in [4.78, 5) is 11.9. The van der Waals surface area contributed by atoms with Crippen molar-refractivity contribution in [2.24, 2.45) is 0 Å². The van der Waals surface area contributed by atoms with Gasteiger partial charge in [-0.3, -0.25) is 0 Å². The van der Waals surface area contributed by atoms with E-state index in [2.05, 4.69) is 72.8 Å². The Bertz CT molecular complexity index is 696. The van der Waals surface area contributed by atoms with Crippen LogP contribution in [0.3, 0.4) is 0 Å². The van der Waals surface area contributed by atoms with E-state index in [0.29, 0.717) is 0 Å². The van der Waals surface area contributed by atoms with Crippen molar-refractivity contribution in [2.45, 2.75) is 5.16 Å². The Hall–Kier alpha value is -1.95. The molecule has 0 amide bonds. The second-order valence-electron chi connectivity index (χ2n) is 7.52. The van der Waals surface area contributed by atoms with E-state index in [4.69, 9.17) is 0 Å². The molecule has 0 aliphatic heterocycles. The van der Waals surface area contributed by atoms with Crippen molar-refractivity contribution in [3.8, 4) is 0 Å². The van der Waals surface area contributed by atoms with Crippen molar-refractivity contribution in [1.82, 2.24) is 0 Å². The van der Waals surface area contributed by atoms with Gasteiger partial charge in [-0.25, -0.2) is 0 Å². The van der Waals surface area contributed by atoms with Crippen LogP contribution < -0.4 is 0 Å². The molecule has 0 spiro atoms. The standard InChI is InChI=1S/C22H25OP/c1-24(2,3,23)22(19-13-7-4-8-14-19,20-15-9-5-10-16-20)21-17-11-6-12-18-21/h4-18,23H,1-3H3. The molecule has 0 atom stereocenters. The Labute approximate surface area is 145 Å². The molecule has 1 N–H and O–H groups in total. The molecule has 3 rings (SSSR count). The van der Waals surface area contributed by atoms with E-state index in [-0.39, 0.29) is 0 Å². The normalized spacial score (nSPS) is 13.9. The van der Waals surface area contributed by atoms with Crippen molar-refractivity contribution in [3.63, 3.8) is 0 Å². The molecule has 0 radical (unpaired) electrons. The minimum atomic E-state index is -3.15. The molecule has 0 bridgehead atoms. The van der Waals surface area contributed by atoms with Crippen molar-refractivity contribution in [2.75, 3.05) is 20.0 Å². The molecule has 0 saturated carbocycles. The van der Waals surface area contributed by atoms with Crippen LogP contribution in [0.5, 0.6) is 0 Å². The summed E-state index contributed by atoms with van der Waals surface area (Å²) in [6.07, 6.45) is 0. The summed E-state index contributed by atoms with van der Waals surface area (Å²) < 4.78 is 0. The Morgan fingerprint density at radius 3 is 1.00 bits per heavy atom. The second-order valence-corrected chi connectivity index (χ2v) is 13.6. The molecule has 0 aliphatic rings. The summed E-state index contributed by atoms with van der Waals surface area (Å²) >= 11 is 0. The third-order valence-corrected chi connectivity index (χ3v) is 7.82. The topological polar surface area (TPSA) is 20.2 Å². The molecule has 0 fully saturated rings. The molecule has 3 aromatic rings. The van der Waals surface area contributed by atoms with Crippen molar-refractivity contribution >= 4 is 6.83 Å². The molecule has 124 valence electrons. The zero-order chi connectivity index (χ0) is 17.3. The van der Waals surface area contributed by atoms with Gasteiger partial charge in [0.2, 0.25) is 0 Å². The quantitative estimate of drug-likeness (QED) is 0.504. The molecule has 0 heterocycles. The minimum absolute atomic E-state index is 0.560. The molecule has 1 nitrogen and oxygen atoms in total. The van der Waals surface area contributed by atoms with Gasteiger partial charge in [0, 0.05) is 0 Å². The summed E-state index contributed by atoms with van der Waals surface area (Å²) in [7, 11) is 0. The van der Waals surface area contributed by atoms with E-state index < -0.39 is 12.0 Å². The zero-order valence-electron chi connectivity index (χ0n) is 14.6. The van der Waals surface area contributed by atoms with Crippen LogP contribution in [-0.2, 0) is 5.16 Å². The fourth-order valence-electron chi connectivity index (χ4n) is 3.87. The Kier molecular flexibility index (Phi) is 4.11. The van der Waals surface area contributed by atoms with Crippen molar-refractivity contribution in [1.29, 1.82) is 0 Å². The summed E-state index contributed by atoms with van der Waals surface area (Å²) in [5, 5.41) is -0.560. The van der Waals surface area contributed by atoms with Crippen LogP contribution >= 0.6 is 6.83 Å². The van der Waals surface area contributed by atoms with Gasteiger partial charge in [0.25, 0.3) is 0 Å². The van der Waals surface area contributed by atoms with Gasteiger partial charge in [0.15, 0.2) is 0 Å². The summed E-state index contributed by atoms with van der Waals surface area (Å²) in [6.45, 7) is 2.97. The first-order chi connectivity index (χ1) is 11.3. The Morgan fingerprint density at radius 1 is 0.542 bits per heavy atom. The Morgan fingerprint density at radius 2 is 0.792 bits per heavy atom. The van der Waals surface area contributed by atoms with Crippen LogP contribution in [0, 0.1) is 0 Å². The average molecular weight is 336 g/mol. The molecule has 0 unspecified atom stereocenters. The number of benzene rings is 3. The van der Waals surface area contributed by atoms with Crippen LogP contribution in [-0.4, -0.2) is 24.9 Å². The predicted molar refractivity (Wildman–Crippen MR) is 106 cm³/mol. The Balaban J connectivity index is 2.48. The summed E-state index contributed by atoms with van der Waals surface area (Å²) in [5.74, 6) is 0. The van der Waals surface area contributed by atoms with Crippen LogP contribution in [0.4, 0.5) is 0 Å². The van der Waals surface area contributed by atoms with E-state index in [0.717, 1.165) is 16.7 Å². The second kappa shape index (κ2) is 5.84. The van der Waals surface area contributed by atoms with E-state index >= 15 is 0 Å². The first-order valence-electron chi connectivity index (χ1n) is 8.25. The predicted octanol–water partition coefficient (Wildman–Crippen LogP) is 5.33. The molecule has 0 saturated heterocycles. The summed E-state index contributed by atoms with van der Waals surface area (Å²) in [5.41, 5.74) is 3.40. The van der Waals surface area contributed by atoms with E-state index in [9.17, 15) is 4.89 Å². The summed E-state index contributed by atoms with van der Waals surface area (Å²) in [6, 6.07) is 31.2. The van der Waals surface area contributed by atoms with Gasteiger partial charge in [-0.2, -0.15) is 0 Å². The fraction of sp³-hybridized carbons (Fsp3) is 0.182. The molecule has 2 heteroatoms. The van der Waals surface area contributed by atoms with Gasteiger partial charge in [-0.05, 0) is 0 Å². The van der Waals surface area contributed by atoms with Crippen molar-refractivity contribution in [3.05, 3.63) is 108 Å². The zero-order valence-corrected chi connectivity index (χ0v) is 15.4. The van der Waals surface area contributed by atoms with E-state index in [1.54, 1.807) is 0 Å². The van der Waals surface area contributed by atoms with Crippen LogP contribution in [0.1, 0.15) is 16.7 Å². The first-order valence-corrected chi connectivity index (χ1v) is 11.8. The van der Waals surface area contributed by atoms with Gasteiger partial charge >= 0.3 is 145 Å². The molecule has 3 aromatic carbocycles. The fourth-order valence-corrected chi connectivity index (χ4v) is 6.99. The van der Waals surface area contributed by atoms with Gasteiger partial charge in [0.1, 0.15) is 0 Å². The third-order valence-electron chi connectivity index (χ3n) is 4.73. The maximum atomic E-state index is 11.9. The van der Waals surface area contributed by atoms with Crippen LogP contribution in [0.25, 0.3) is 0 Å². The van der Waals surface area contributed by atoms with Gasteiger partial charge < -0.3 is 0 Å². The number of rotatable bonds is 4. The number of hydrogen-bond donors (Lipinski definition) is 1. The molecule has 24 heavy (non-hydrogen) atoms. The monoisotopic (exact) mass is 336 g/mol. The van der Waals surface area contributed by atoms with Crippen LogP contribution in [0.2, 0.25) is 0 Å². The van der Waals surface area contributed by atoms with E-state index in [1.807, 2.05) is 38.2 Å². The number of hydrogen-bond acceptors (Lipinski definition) is 1. The average Bonchev–Trinajstić information content (AvgIpc) is 2.56. The van der Waals surface area contributed by atoms with E-state index in [1.165, 1.54) is 0 Å². The van der Waals surface area contributed by atoms with Gasteiger partial charge in [-0.15, -0.1) is 0 Å². The maximum absolute atomic E-state index is 11.9. The molecule has 0 aliphatic carbocycles. The van der Waals surface area contributed by atoms with Crippen LogP contribution in [0.15, 0.2) is 91.0 Å². The molecular formula is C22H25OP. The molecule has 0 aromatic heterocycles. The third kappa shape index (κ3) is 2.69. The molecular weight excluding hydrogens is 311 g/mol. The SMILES string of the molecule is CP(C)(C)(O)C(c1ccccc1)(c1ccccc1)c1ccccc1. The van der Waals surface area contributed by atoms with Gasteiger partial charge in [-0.1, -0.05) is 0 Å². The first kappa shape index (κ1) is 16.9. The van der Waals surface area contributed by atoms with Crippen molar-refractivity contribution < 1.29 is 4.89 Å².